The van der Waals surface area contributed by atoms with E-state index in [-0.39, 0.29) is 11.7 Å². The van der Waals surface area contributed by atoms with Crippen LogP contribution in [0.4, 0.5) is 0 Å². The van der Waals surface area contributed by atoms with E-state index in [4.69, 9.17) is 4.74 Å². The fraction of sp³-hybridized carbons (Fsp3) is 1.00. The molecule has 2 aliphatic rings. The van der Waals surface area contributed by atoms with E-state index < -0.39 is 0 Å². The Labute approximate surface area is 105 Å². The Morgan fingerprint density at radius 2 is 2.12 bits per heavy atom. The van der Waals surface area contributed by atoms with Crippen LogP contribution in [0.3, 0.4) is 0 Å². The van der Waals surface area contributed by atoms with Crippen molar-refractivity contribution >= 4 is 0 Å². The minimum atomic E-state index is -0.197. The molecule has 1 saturated heterocycles. The maximum absolute atomic E-state index is 10.2. The Kier molecular flexibility index (Phi) is 4.83. The highest BCUT2D eigenvalue weighted by Gasteiger charge is 2.40. The highest BCUT2D eigenvalue weighted by molar-refractivity contribution is 4.91. The van der Waals surface area contributed by atoms with Gasteiger partial charge < -0.3 is 15.2 Å². The van der Waals surface area contributed by atoms with Gasteiger partial charge in [-0.05, 0) is 38.1 Å². The molecule has 0 aromatic rings. The third-order valence-electron chi connectivity index (χ3n) is 4.44. The van der Waals surface area contributed by atoms with E-state index in [1.54, 1.807) is 0 Å². The summed E-state index contributed by atoms with van der Waals surface area (Å²) < 4.78 is 6.06. The summed E-state index contributed by atoms with van der Waals surface area (Å²) in [6, 6.07) is 0. The number of aliphatic hydroxyl groups is 1. The molecule has 0 aromatic carbocycles. The van der Waals surface area contributed by atoms with Gasteiger partial charge in [0.2, 0.25) is 0 Å². The molecule has 1 spiro atoms. The molecule has 3 nitrogen and oxygen atoms in total. The minimum Gasteiger partial charge on any atom is -0.392 e. The topological polar surface area (TPSA) is 41.5 Å². The van der Waals surface area contributed by atoms with Gasteiger partial charge in [-0.1, -0.05) is 26.2 Å². The first-order valence-corrected chi connectivity index (χ1v) is 7.28. The standard InChI is InChI=1S/C14H27NO2/c1-2-15-11-13(16)12-6-9-17-14(10-12)7-4-3-5-8-14/h12-13,15-16H,2-11H2,1H3. The molecule has 100 valence electrons. The van der Waals surface area contributed by atoms with Crippen LogP contribution in [0.25, 0.3) is 0 Å². The molecule has 0 amide bonds. The van der Waals surface area contributed by atoms with Crippen LogP contribution in [0.1, 0.15) is 51.9 Å². The fourth-order valence-electron chi connectivity index (χ4n) is 3.40. The number of aliphatic hydroxyl groups excluding tert-OH is 1. The second-order valence-corrected chi connectivity index (χ2v) is 5.72. The van der Waals surface area contributed by atoms with Gasteiger partial charge in [-0.25, -0.2) is 0 Å². The molecule has 2 rings (SSSR count). The number of hydrogen-bond donors (Lipinski definition) is 2. The molecule has 1 aliphatic carbocycles. The highest BCUT2D eigenvalue weighted by atomic mass is 16.5. The van der Waals surface area contributed by atoms with Crippen molar-refractivity contribution in [2.24, 2.45) is 5.92 Å². The first kappa shape index (κ1) is 13.3. The lowest BCUT2D eigenvalue weighted by atomic mass is 9.74. The van der Waals surface area contributed by atoms with E-state index in [1.165, 1.54) is 32.1 Å². The molecule has 2 atom stereocenters. The summed E-state index contributed by atoms with van der Waals surface area (Å²) in [5.74, 6) is 0.431. The van der Waals surface area contributed by atoms with Crippen LogP contribution >= 0.6 is 0 Å². The van der Waals surface area contributed by atoms with E-state index >= 15 is 0 Å². The summed E-state index contributed by atoms with van der Waals surface area (Å²) in [5, 5.41) is 13.4. The summed E-state index contributed by atoms with van der Waals surface area (Å²) in [7, 11) is 0. The Balaban J connectivity index is 1.87. The van der Waals surface area contributed by atoms with Crippen molar-refractivity contribution in [3.05, 3.63) is 0 Å². The third-order valence-corrected chi connectivity index (χ3v) is 4.44. The first-order valence-electron chi connectivity index (χ1n) is 7.28. The number of likely N-dealkylation sites (N-methyl/N-ethyl adjacent to an activating group) is 1. The summed E-state index contributed by atoms with van der Waals surface area (Å²) in [6.07, 6.45) is 8.27. The number of ether oxygens (including phenoxy) is 1. The van der Waals surface area contributed by atoms with Crippen molar-refractivity contribution in [1.82, 2.24) is 5.32 Å². The van der Waals surface area contributed by atoms with Crippen molar-refractivity contribution < 1.29 is 9.84 Å². The monoisotopic (exact) mass is 241 g/mol. The van der Waals surface area contributed by atoms with Gasteiger partial charge in [0.1, 0.15) is 0 Å². The molecule has 17 heavy (non-hydrogen) atoms. The van der Waals surface area contributed by atoms with Crippen molar-refractivity contribution in [2.75, 3.05) is 19.7 Å². The van der Waals surface area contributed by atoms with Crippen molar-refractivity contribution in [3.63, 3.8) is 0 Å². The van der Waals surface area contributed by atoms with Crippen LogP contribution in [0.5, 0.6) is 0 Å². The van der Waals surface area contributed by atoms with Gasteiger partial charge >= 0.3 is 0 Å². The molecule has 0 radical (unpaired) electrons. The Bertz CT molecular complexity index is 221. The fourth-order valence-corrected chi connectivity index (χ4v) is 3.40. The van der Waals surface area contributed by atoms with Crippen LogP contribution in [0.15, 0.2) is 0 Å². The lowest BCUT2D eigenvalue weighted by Gasteiger charge is -2.44. The van der Waals surface area contributed by atoms with E-state index in [0.717, 1.165) is 32.5 Å². The van der Waals surface area contributed by atoms with Crippen LogP contribution in [-0.4, -0.2) is 36.5 Å². The predicted molar refractivity (Wildman–Crippen MR) is 69.0 cm³/mol. The van der Waals surface area contributed by atoms with Crippen molar-refractivity contribution in [1.29, 1.82) is 0 Å². The molecule has 1 aliphatic heterocycles. The number of nitrogens with one attached hydrogen (secondary N) is 1. The summed E-state index contributed by atoms with van der Waals surface area (Å²) >= 11 is 0. The third kappa shape index (κ3) is 3.43. The lowest BCUT2D eigenvalue weighted by molar-refractivity contribution is -0.133. The molecule has 1 heterocycles. The van der Waals surface area contributed by atoms with Gasteiger partial charge in [-0.15, -0.1) is 0 Å². The number of hydrogen-bond acceptors (Lipinski definition) is 3. The quantitative estimate of drug-likeness (QED) is 0.792. The molecule has 2 N–H and O–H groups in total. The maximum atomic E-state index is 10.2. The maximum Gasteiger partial charge on any atom is 0.0694 e. The normalized spacial score (nSPS) is 30.4. The summed E-state index contributed by atoms with van der Waals surface area (Å²) in [5.41, 5.74) is 0.119. The molecule has 3 heteroatoms. The second kappa shape index (κ2) is 6.17. The molecular formula is C14H27NO2. The minimum absolute atomic E-state index is 0.119. The van der Waals surface area contributed by atoms with E-state index in [0.29, 0.717) is 5.92 Å². The van der Waals surface area contributed by atoms with Gasteiger partial charge in [0.05, 0.1) is 11.7 Å². The van der Waals surface area contributed by atoms with Crippen LogP contribution < -0.4 is 5.32 Å². The van der Waals surface area contributed by atoms with E-state index in [9.17, 15) is 5.11 Å². The summed E-state index contributed by atoms with van der Waals surface area (Å²) in [6.45, 7) is 4.59. The molecule has 1 saturated carbocycles. The Hall–Kier alpha value is -0.120. The van der Waals surface area contributed by atoms with Gasteiger partial charge in [-0.3, -0.25) is 0 Å². The molecule has 0 aromatic heterocycles. The van der Waals surface area contributed by atoms with Gasteiger partial charge in [-0.2, -0.15) is 0 Å². The van der Waals surface area contributed by atoms with Crippen LogP contribution in [-0.2, 0) is 4.74 Å². The van der Waals surface area contributed by atoms with Crippen molar-refractivity contribution in [2.45, 2.75) is 63.6 Å². The van der Waals surface area contributed by atoms with Gasteiger partial charge in [0.15, 0.2) is 0 Å². The van der Waals surface area contributed by atoms with Gasteiger partial charge in [0, 0.05) is 13.2 Å². The summed E-state index contributed by atoms with van der Waals surface area (Å²) in [4.78, 5) is 0. The van der Waals surface area contributed by atoms with Crippen LogP contribution in [0, 0.1) is 5.92 Å². The van der Waals surface area contributed by atoms with E-state index in [1.807, 2.05) is 0 Å². The average molecular weight is 241 g/mol. The molecular weight excluding hydrogens is 214 g/mol. The zero-order chi connectivity index (χ0) is 12.1. The number of rotatable bonds is 4. The molecule has 0 bridgehead atoms. The SMILES string of the molecule is CCNCC(O)C1CCOC2(CCCCC2)C1. The predicted octanol–water partition coefficient (Wildman–Crippen LogP) is 2.09. The smallest absolute Gasteiger partial charge is 0.0694 e. The van der Waals surface area contributed by atoms with E-state index in [2.05, 4.69) is 12.2 Å². The lowest BCUT2D eigenvalue weighted by Crippen LogP contribution is -2.46. The Morgan fingerprint density at radius 1 is 1.35 bits per heavy atom. The van der Waals surface area contributed by atoms with Crippen molar-refractivity contribution in [3.8, 4) is 0 Å². The second-order valence-electron chi connectivity index (χ2n) is 5.72. The highest BCUT2D eigenvalue weighted by Crippen LogP contribution is 2.41. The van der Waals surface area contributed by atoms with Gasteiger partial charge in [0.25, 0.3) is 0 Å². The van der Waals surface area contributed by atoms with Crippen LogP contribution in [0.2, 0.25) is 0 Å². The molecule has 2 unspecified atom stereocenters. The zero-order valence-electron chi connectivity index (χ0n) is 11.1. The average Bonchev–Trinajstić information content (AvgIpc) is 2.37. The largest absolute Gasteiger partial charge is 0.392 e. The Morgan fingerprint density at radius 3 is 2.82 bits per heavy atom. The first-order chi connectivity index (χ1) is 8.26. The zero-order valence-corrected chi connectivity index (χ0v) is 11.1. The molecule has 2 fully saturated rings.